The van der Waals surface area contributed by atoms with Crippen LogP contribution < -0.4 is 0 Å². The van der Waals surface area contributed by atoms with Crippen molar-refractivity contribution in [2.45, 2.75) is 103 Å². The molecule has 0 atom stereocenters. The first kappa shape index (κ1) is 22.0. The molecule has 0 bridgehead atoms. The second-order valence-electron chi connectivity index (χ2n) is 6.60. The summed E-state index contributed by atoms with van der Waals surface area (Å²) in [6.45, 7) is 4.67. The fourth-order valence-corrected chi connectivity index (χ4v) is 5.86. The predicted molar refractivity (Wildman–Crippen MR) is 113 cm³/mol. The molecule has 0 aliphatic carbocycles. The summed E-state index contributed by atoms with van der Waals surface area (Å²) in [5, 5.41) is 1.54. The summed E-state index contributed by atoms with van der Waals surface area (Å²) in [5.41, 5.74) is 0. The molecule has 20 heavy (non-hydrogen) atoms. The Bertz CT molecular complexity index is 164. The highest BCUT2D eigenvalue weighted by atomic mass is 127. The van der Waals surface area contributed by atoms with Gasteiger partial charge in [-0.05, 0) is 5.92 Å². The molecule has 0 spiro atoms. The van der Waals surface area contributed by atoms with Crippen LogP contribution in [0.4, 0.5) is 0 Å². The zero-order chi connectivity index (χ0) is 15.1. The van der Waals surface area contributed by atoms with E-state index in [0.29, 0.717) is 0 Å². The zero-order valence-electron chi connectivity index (χ0n) is 13.8. The van der Waals surface area contributed by atoms with Crippen LogP contribution in [-0.4, -0.2) is 7.58 Å². The fraction of sp³-hybridized carbons (Fsp3) is 1.00. The van der Waals surface area contributed by atoms with Crippen LogP contribution in [0.25, 0.3) is 0 Å². The molecule has 0 radical (unpaired) electrons. The Morgan fingerprint density at radius 3 is 1.30 bits per heavy atom. The van der Waals surface area contributed by atoms with Gasteiger partial charge in [-0.3, -0.25) is 0 Å². The maximum absolute atomic E-state index is 2.67. The molecule has 0 unspecified atom stereocenters. The van der Waals surface area contributed by atoms with Crippen molar-refractivity contribution in [3.8, 4) is 0 Å². The summed E-state index contributed by atoms with van der Waals surface area (Å²) >= 11 is 5.33. The highest BCUT2D eigenvalue weighted by molar-refractivity contribution is 14.3. The van der Waals surface area contributed by atoms with Crippen molar-refractivity contribution in [3.63, 3.8) is 0 Å². The Morgan fingerprint density at radius 1 is 0.600 bits per heavy atom. The monoisotopic (exact) mass is 520 g/mol. The summed E-state index contributed by atoms with van der Waals surface area (Å²) in [6, 6.07) is 0. The van der Waals surface area contributed by atoms with Crippen LogP contribution in [0, 0.1) is 5.92 Å². The Hall–Kier alpha value is 1.99. The van der Waals surface area contributed by atoms with E-state index in [0.717, 1.165) is 5.92 Å². The summed E-state index contributed by atoms with van der Waals surface area (Å²) in [7, 11) is -0.323. The van der Waals surface area contributed by atoms with Crippen LogP contribution in [0.15, 0.2) is 0 Å². The van der Waals surface area contributed by atoms with E-state index in [2.05, 4.69) is 54.4 Å². The van der Waals surface area contributed by atoms with E-state index in [-0.39, 0.29) is 7.58 Å². The number of hydrogen-bond acceptors (Lipinski definition) is 0. The lowest BCUT2D eigenvalue weighted by atomic mass is 10.0. The molecule has 0 aliphatic heterocycles. The lowest BCUT2D eigenvalue weighted by molar-refractivity contribution is 0.503. The average Bonchev–Trinajstić information content (AvgIpc) is 2.38. The van der Waals surface area contributed by atoms with Crippen molar-refractivity contribution in [1.29, 1.82) is 0 Å². The van der Waals surface area contributed by atoms with Crippen molar-refractivity contribution < 1.29 is 0 Å². The molecule has 0 rings (SSSR count). The topological polar surface area (TPSA) is 0 Å². The van der Waals surface area contributed by atoms with Crippen molar-refractivity contribution in [1.82, 2.24) is 0 Å². The van der Waals surface area contributed by atoms with Gasteiger partial charge in [0.25, 0.3) is 0 Å². The first-order valence-corrected chi connectivity index (χ1v) is 18.1. The molecule has 0 N–H and O–H groups in total. The Balaban J connectivity index is 2.96. The van der Waals surface area contributed by atoms with E-state index in [4.69, 9.17) is 0 Å². The third-order valence-electron chi connectivity index (χ3n) is 3.95. The maximum Gasteiger partial charge on any atom is 0.445 e. The molecule has 0 saturated heterocycles. The number of unbranched alkanes of at least 4 members (excludes halogenated alkanes) is 11. The average molecular weight is 520 g/mol. The largest absolute Gasteiger partial charge is 0.445 e. The molecule has 0 aliphatic rings. The summed E-state index contributed by atoms with van der Waals surface area (Å²) in [5.74, 6) is 0.900. The number of halogens is 2. The standard InChI is InChI=1S/C17H35.Al.2HI/c1-4-5-6-7-8-9-10-11-12-13-14-15-16-17(2)3;;;/h17H,1,4-16H2,2-3H3;;2*1H/q;+2;;/p-2. The van der Waals surface area contributed by atoms with Crippen LogP contribution >= 0.6 is 40.5 Å². The van der Waals surface area contributed by atoms with Gasteiger partial charge < -0.3 is 0 Å². The lowest BCUT2D eigenvalue weighted by Crippen LogP contribution is -1.89. The highest BCUT2D eigenvalue weighted by Crippen LogP contribution is 2.17. The van der Waals surface area contributed by atoms with Gasteiger partial charge in [0, 0.05) is 0 Å². The van der Waals surface area contributed by atoms with E-state index < -0.39 is 0 Å². The quantitative estimate of drug-likeness (QED) is 0.116. The molecular formula is C17H35AlI2. The van der Waals surface area contributed by atoms with E-state index in [1.165, 1.54) is 88.8 Å². The molecule has 0 nitrogen and oxygen atoms in total. The molecule has 0 heterocycles. The van der Waals surface area contributed by atoms with Crippen LogP contribution in [0.1, 0.15) is 97.3 Å². The first-order chi connectivity index (χ1) is 9.63. The van der Waals surface area contributed by atoms with Gasteiger partial charge in [-0.15, -0.1) is 0 Å². The molecule has 0 saturated carbocycles. The van der Waals surface area contributed by atoms with Crippen molar-refractivity contribution >= 4 is 48.1 Å². The molecule has 120 valence electrons. The molecule has 0 aromatic carbocycles. The highest BCUT2D eigenvalue weighted by Gasteiger charge is 2.06. The number of hydrogen-bond donors (Lipinski definition) is 0. The molecule has 3 heteroatoms. The smallest absolute Gasteiger partial charge is 0.191 e. The minimum atomic E-state index is -0.323. The second-order valence-corrected chi connectivity index (χ2v) is 24.1. The molecule has 0 aromatic heterocycles. The van der Waals surface area contributed by atoms with E-state index in [1.54, 1.807) is 0 Å². The minimum absolute atomic E-state index is 0.323. The van der Waals surface area contributed by atoms with E-state index in [1.807, 2.05) is 0 Å². The van der Waals surface area contributed by atoms with Crippen molar-refractivity contribution in [2.75, 3.05) is 0 Å². The SMILES string of the molecule is CC(C)CCCCCCCCCCCCC[CH2][Al]([I])[I]. The predicted octanol–water partition coefficient (Wildman–Crippen LogP) is 8.07. The van der Waals surface area contributed by atoms with Crippen LogP contribution in [0.2, 0.25) is 5.28 Å². The van der Waals surface area contributed by atoms with Crippen molar-refractivity contribution in [3.05, 3.63) is 0 Å². The third-order valence-corrected chi connectivity index (χ3v) is 8.54. The normalized spacial score (nSPS) is 11.2. The summed E-state index contributed by atoms with van der Waals surface area (Å²) in [6.07, 6.45) is 19.2. The van der Waals surface area contributed by atoms with Gasteiger partial charge in [-0.1, -0.05) is 103 Å². The van der Waals surface area contributed by atoms with Gasteiger partial charge in [0.15, 0.2) is 0 Å². The Labute approximate surface area is 155 Å². The van der Waals surface area contributed by atoms with Crippen LogP contribution in [-0.2, 0) is 0 Å². The molecular weight excluding hydrogens is 485 g/mol. The molecule has 0 fully saturated rings. The zero-order valence-corrected chi connectivity index (χ0v) is 19.3. The van der Waals surface area contributed by atoms with Crippen LogP contribution in [0.3, 0.4) is 0 Å². The summed E-state index contributed by atoms with van der Waals surface area (Å²) in [4.78, 5) is 0. The minimum Gasteiger partial charge on any atom is -0.191 e. The van der Waals surface area contributed by atoms with Crippen molar-refractivity contribution in [2.24, 2.45) is 5.92 Å². The molecule has 0 aromatic rings. The van der Waals surface area contributed by atoms with Gasteiger partial charge >= 0.3 is 7.58 Å². The van der Waals surface area contributed by atoms with Gasteiger partial charge in [-0.2, -0.15) is 40.5 Å². The van der Waals surface area contributed by atoms with Gasteiger partial charge in [0.05, 0.1) is 0 Å². The van der Waals surface area contributed by atoms with E-state index in [9.17, 15) is 0 Å². The van der Waals surface area contributed by atoms with Crippen LogP contribution in [0.5, 0.6) is 0 Å². The van der Waals surface area contributed by atoms with E-state index >= 15 is 0 Å². The second kappa shape index (κ2) is 17.3. The Kier molecular flexibility index (Phi) is 19.1. The number of rotatable bonds is 15. The lowest BCUT2D eigenvalue weighted by Gasteiger charge is -2.04. The van der Waals surface area contributed by atoms with Gasteiger partial charge in [0.2, 0.25) is 0 Å². The van der Waals surface area contributed by atoms with Gasteiger partial charge in [-0.25, -0.2) is 0 Å². The van der Waals surface area contributed by atoms with Gasteiger partial charge in [0.1, 0.15) is 0 Å². The summed E-state index contributed by atoms with van der Waals surface area (Å²) < 4.78 is 0. The first-order valence-electron chi connectivity index (χ1n) is 8.91. The maximum atomic E-state index is 2.67. The Morgan fingerprint density at radius 2 is 0.950 bits per heavy atom. The third kappa shape index (κ3) is 20.0. The fourth-order valence-electron chi connectivity index (χ4n) is 2.62. The molecule has 0 amide bonds.